The average molecular weight is 377 g/mol. The molecule has 1 aromatic carbocycles. The second-order valence-electron chi connectivity index (χ2n) is 6.21. The molecule has 7 heteroatoms. The van der Waals surface area contributed by atoms with Crippen LogP contribution in [0.3, 0.4) is 0 Å². The summed E-state index contributed by atoms with van der Waals surface area (Å²) in [6.07, 6.45) is 8.03. The molecule has 0 aliphatic carbocycles. The number of carbonyl (C=O) groups is 1. The number of hydrogen-bond acceptors (Lipinski definition) is 5. The maximum absolute atomic E-state index is 13.3. The molecule has 0 spiro atoms. The normalized spacial score (nSPS) is 16.9. The number of nitrogens with one attached hydrogen (secondary N) is 1. The van der Waals surface area contributed by atoms with E-state index in [1.807, 2.05) is 29.2 Å². The summed E-state index contributed by atoms with van der Waals surface area (Å²) < 4.78 is 5.39. The third-order valence-corrected chi connectivity index (χ3v) is 4.55. The summed E-state index contributed by atoms with van der Waals surface area (Å²) in [5, 5.41) is 3.41. The number of hydrogen-bond donors (Lipinski definition) is 1. The first-order valence-corrected chi connectivity index (χ1v) is 8.68. The summed E-state index contributed by atoms with van der Waals surface area (Å²) in [6.45, 7) is 2.43. The van der Waals surface area contributed by atoms with Crippen LogP contribution in [0.25, 0.3) is 0 Å². The molecule has 1 aromatic heterocycles. The molecule has 1 atom stereocenters. The summed E-state index contributed by atoms with van der Waals surface area (Å²) in [5.41, 5.74) is 1.53. The van der Waals surface area contributed by atoms with Crippen LogP contribution in [0.1, 0.15) is 35.2 Å². The summed E-state index contributed by atoms with van der Waals surface area (Å²) >= 11 is 0. The monoisotopic (exact) mass is 376 g/mol. The van der Waals surface area contributed by atoms with Crippen LogP contribution in [-0.4, -0.2) is 47.0 Å². The number of para-hydroxylation sites is 1. The van der Waals surface area contributed by atoms with E-state index in [0.717, 1.165) is 37.9 Å². The SMILES string of the molecule is COc1ccccc1C(=O)N(Cc1cncnc1)C1CCCNCC1.Cl. The lowest BCUT2D eigenvalue weighted by Gasteiger charge is -2.31. The van der Waals surface area contributed by atoms with E-state index in [1.54, 1.807) is 19.5 Å². The van der Waals surface area contributed by atoms with E-state index < -0.39 is 0 Å². The van der Waals surface area contributed by atoms with Crippen molar-refractivity contribution in [1.82, 2.24) is 20.2 Å². The molecule has 1 unspecified atom stereocenters. The molecular weight excluding hydrogens is 352 g/mol. The molecule has 0 bridgehead atoms. The fourth-order valence-electron chi connectivity index (χ4n) is 3.26. The first-order chi connectivity index (χ1) is 12.3. The van der Waals surface area contributed by atoms with Gasteiger partial charge in [-0.2, -0.15) is 0 Å². The fraction of sp³-hybridized carbons (Fsp3) is 0.421. The molecule has 1 aliphatic rings. The van der Waals surface area contributed by atoms with Gasteiger partial charge in [-0.1, -0.05) is 12.1 Å². The highest BCUT2D eigenvalue weighted by Gasteiger charge is 2.27. The van der Waals surface area contributed by atoms with Crippen LogP contribution in [0.2, 0.25) is 0 Å². The van der Waals surface area contributed by atoms with Gasteiger partial charge in [0.15, 0.2) is 0 Å². The number of aromatic nitrogens is 2. The molecule has 6 nitrogen and oxygen atoms in total. The van der Waals surface area contributed by atoms with Gasteiger partial charge < -0.3 is 15.0 Å². The van der Waals surface area contributed by atoms with Crippen molar-refractivity contribution < 1.29 is 9.53 Å². The van der Waals surface area contributed by atoms with Gasteiger partial charge in [-0.05, 0) is 44.5 Å². The van der Waals surface area contributed by atoms with E-state index in [2.05, 4.69) is 15.3 Å². The van der Waals surface area contributed by atoms with Gasteiger partial charge in [-0.25, -0.2) is 9.97 Å². The maximum Gasteiger partial charge on any atom is 0.258 e. The topological polar surface area (TPSA) is 67.3 Å². The highest BCUT2D eigenvalue weighted by atomic mass is 35.5. The molecule has 0 radical (unpaired) electrons. The third kappa shape index (κ3) is 4.93. The Balaban J connectivity index is 0.00000243. The van der Waals surface area contributed by atoms with Gasteiger partial charge in [0, 0.05) is 30.5 Å². The number of benzene rings is 1. The average Bonchev–Trinajstić information content (AvgIpc) is 2.95. The van der Waals surface area contributed by atoms with E-state index in [4.69, 9.17) is 4.74 Å². The minimum atomic E-state index is -0.00629. The number of rotatable bonds is 5. The fourth-order valence-corrected chi connectivity index (χ4v) is 3.26. The van der Waals surface area contributed by atoms with Crippen molar-refractivity contribution in [2.24, 2.45) is 0 Å². The maximum atomic E-state index is 13.3. The van der Waals surface area contributed by atoms with Crippen LogP contribution >= 0.6 is 12.4 Å². The second kappa shape index (κ2) is 10.1. The van der Waals surface area contributed by atoms with Crippen LogP contribution in [-0.2, 0) is 6.54 Å². The van der Waals surface area contributed by atoms with Crippen molar-refractivity contribution >= 4 is 18.3 Å². The van der Waals surface area contributed by atoms with Gasteiger partial charge in [0.05, 0.1) is 12.7 Å². The Morgan fingerprint density at radius 3 is 2.77 bits per heavy atom. The lowest BCUT2D eigenvalue weighted by Crippen LogP contribution is -2.40. The van der Waals surface area contributed by atoms with Gasteiger partial charge in [-0.15, -0.1) is 12.4 Å². The van der Waals surface area contributed by atoms with E-state index >= 15 is 0 Å². The van der Waals surface area contributed by atoms with Gasteiger partial charge in [0.25, 0.3) is 5.91 Å². The van der Waals surface area contributed by atoms with Gasteiger partial charge in [0.1, 0.15) is 12.1 Å². The molecule has 0 saturated carbocycles. The lowest BCUT2D eigenvalue weighted by atomic mass is 10.0. The Bertz CT molecular complexity index is 691. The zero-order valence-electron chi connectivity index (χ0n) is 14.9. The molecule has 26 heavy (non-hydrogen) atoms. The molecule has 2 heterocycles. The van der Waals surface area contributed by atoms with Gasteiger partial charge in [-0.3, -0.25) is 4.79 Å². The highest BCUT2D eigenvalue weighted by Crippen LogP contribution is 2.24. The highest BCUT2D eigenvalue weighted by molar-refractivity contribution is 5.97. The van der Waals surface area contributed by atoms with Gasteiger partial charge >= 0.3 is 0 Å². The van der Waals surface area contributed by atoms with Crippen LogP contribution in [0, 0.1) is 0 Å². The van der Waals surface area contributed by atoms with Crippen LogP contribution in [0.5, 0.6) is 5.75 Å². The number of ether oxygens (including phenoxy) is 1. The van der Waals surface area contributed by atoms with Crippen LogP contribution < -0.4 is 10.1 Å². The summed E-state index contributed by atoms with van der Waals surface area (Å²) in [5.74, 6) is 0.599. The number of amides is 1. The molecule has 3 rings (SSSR count). The van der Waals surface area contributed by atoms with Crippen molar-refractivity contribution in [3.05, 3.63) is 54.1 Å². The molecule has 1 fully saturated rings. The first kappa shape index (κ1) is 20.1. The minimum absolute atomic E-state index is 0. The number of methoxy groups -OCH3 is 1. The van der Waals surface area contributed by atoms with Crippen molar-refractivity contribution in [3.63, 3.8) is 0 Å². The van der Waals surface area contributed by atoms with Crippen molar-refractivity contribution in [2.75, 3.05) is 20.2 Å². The Kier molecular flexibility index (Phi) is 7.81. The quantitative estimate of drug-likeness (QED) is 0.869. The standard InChI is InChI=1S/C19H24N4O2.ClH/c1-25-18-7-3-2-6-17(18)19(24)23(13-15-11-21-14-22-12-15)16-5-4-9-20-10-8-16;/h2-3,6-7,11-12,14,16,20H,4-5,8-10,13H2,1H3;1H. The minimum Gasteiger partial charge on any atom is -0.496 e. The molecule has 1 amide bonds. The molecule has 2 aromatic rings. The van der Waals surface area contributed by atoms with E-state index in [1.165, 1.54) is 6.33 Å². The predicted octanol–water partition coefficient (Wildman–Crippen LogP) is 2.69. The first-order valence-electron chi connectivity index (χ1n) is 8.68. The Hall–Kier alpha value is -2.18. The predicted molar refractivity (Wildman–Crippen MR) is 103 cm³/mol. The third-order valence-electron chi connectivity index (χ3n) is 4.55. The second-order valence-corrected chi connectivity index (χ2v) is 6.21. The molecule has 1 N–H and O–H groups in total. The summed E-state index contributed by atoms with van der Waals surface area (Å²) in [4.78, 5) is 23.4. The molecule has 1 saturated heterocycles. The largest absolute Gasteiger partial charge is 0.496 e. The Morgan fingerprint density at radius 1 is 1.23 bits per heavy atom. The molecular formula is C19H25ClN4O2. The lowest BCUT2D eigenvalue weighted by molar-refractivity contribution is 0.0641. The van der Waals surface area contributed by atoms with E-state index in [9.17, 15) is 4.79 Å². The summed E-state index contributed by atoms with van der Waals surface area (Å²) in [6, 6.07) is 7.58. The number of carbonyl (C=O) groups excluding carboxylic acids is 1. The van der Waals surface area contributed by atoms with Crippen LogP contribution in [0.4, 0.5) is 0 Å². The summed E-state index contributed by atoms with van der Waals surface area (Å²) in [7, 11) is 1.59. The van der Waals surface area contributed by atoms with Gasteiger partial charge in [0.2, 0.25) is 0 Å². The smallest absolute Gasteiger partial charge is 0.258 e. The zero-order chi connectivity index (χ0) is 17.5. The Morgan fingerprint density at radius 2 is 2.00 bits per heavy atom. The van der Waals surface area contributed by atoms with Crippen molar-refractivity contribution in [2.45, 2.75) is 31.8 Å². The number of nitrogens with zero attached hydrogens (tertiary/aromatic N) is 3. The van der Waals surface area contributed by atoms with Crippen molar-refractivity contribution in [3.8, 4) is 5.75 Å². The van der Waals surface area contributed by atoms with E-state index in [0.29, 0.717) is 17.9 Å². The molecule has 140 valence electrons. The molecule has 1 aliphatic heterocycles. The van der Waals surface area contributed by atoms with E-state index in [-0.39, 0.29) is 24.4 Å². The van der Waals surface area contributed by atoms with Crippen molar-refractivity contribution in [1.29, 1.82) is 0 Å². The van der Waals surface area contributed by atoms with Crippen LogP contribution in [0.15, 0.2) is 43.0 Å². The Labute approximate surface area is 160 Å². The number of halogens is 1. The zero-order valence-corrected chi connectivity index (χ0v) is 15.7.